The van der Waals surface area contributed by atoms with Crippen molar-refractivity contribution >= 4 is 34.3 Å². The van der Waals surface area contributed by atoms with Gasteiger partial charge in [0, 0.05) is 16.7 Å². The van der Waals surface area contributed by atoms with E-state index in [4.69, 9.17) is 11.6 Å². The van der Waals surface area contributed by atoms with Gasteiger partial charge < -0.3 is 4.57 Å². The minimum absolute atomic E-state index is 0.205. The molecule has 0 fully saturated rings. The molecule has 7 heteroatoms. The Bertz CT molecular complexity index is 1160. The normalized spacial score (nSPS) is 12.5. The molecule has 0 saturated heterocycles. The molecule has 0 amide bonds. The van der Waals surface area contributed by atoms with Gasteiger partial charge in [-0.2, -0.15) is 0 Å². The predicted octanol–water partition coefficient (Wildman–Crippen LogP) is 5.83. The number of nitrogens with zero attached hydrogens (tertiary/aromatic N) is 5. The molecular formula is C24H26ClN5S. The quantitative estimate of drug-likeness (QED) is 0.249. The van der Waals surface area contributed by atoms with Crippen molar-refractivity contribution in [1.29, 1.82) is 0 Å². The van der Waals surface area contributed by atoms with E-state index in [0.29, 0.717) is 10.9 Å². The van der Waals surface area contributed by atoms with Crippen LogP contribution in [0, 0.1) is 0 Å². The van der Waals surface area contributed by atoms with Crippen molar-refractivity contribution < 1.29 is 0 Å². The molecule has 0 aliphatic heterocycles. The van der Waals surface area contributed by atoms with Crippen molar-refractivity contribution in [1.82, 2.24) is 24.6 Å². The Morgan fingerprint density at radius 2 is 1.77 bits per heavy atom. The molecule has 0 radical (unpaired) electrons. The molecule has 1 atom stereocenters. The van der Waals surface area contributed by atoms with Gasteiger partial charge in [-0.3, -0.25) is 4.90 Å². The smallest absolute Gasteiger partial charge is 0.191 e. The highest BCUT2D eigenvalue weighted by molar-refractivity contribution is 7.98. The van der Waals surface area contributed by atoms with Gasteiger partial charge in [0.05, 0.1) is 18.1 Å². The summed E-state index contributed by atoms with van der Waals surface area (Å²) in [5.74, 6) is 1.67. The fourth-order valence-corrected chi connectivity index (χ4v) is 4.94. The predicted molar refractivity (Wildman–Crippen MR) is 129 cm³/mol. The maximum atomic E-state index is 6.48. The zero-order valence-corrected chi connectivity index (χ0v) is 19.6. The highest BCUT2D eigenvalue weighted by Gasteiger charge is 2.22. The summed E-state index contributed by atoms with van der Waals surface area (Å²) in [4.78, 5) is 6.75. The van der Waals surface area contributed by atoms with Gasteiger partial charge in [-0.15, -0.1) is 10.2 Å². The van der Waals surface area contributed by atoms with Crippen LogP contribution in [-0.4, -0.2) is 38.7 Å². The molecule has 31 heavy (non-hydrogen) atoms. The van der Waals surface area contributed by atoms with Crippen molar-refractivity contribution in [2.24, 2.45) is 0 Å². The molecule has 160 valence electrons. The van der Waals surface area contributed by atoms with E-state index in [9.17, 15) is 0 Å². The van der Waals surface area contributed by atoms with Crippen LogP contribution in [0.1, 0.15) is 36.3 Å². The number of hydrogen-bond acceptors (Lipinski definition) is 5. The molecule has 0 aliphatic carbocycles. The number of aromatic nitrogens is 4. The van der Waals surface area contributed by atoms with E-state index in [-0.39, 0.29) is 6.04 Å². The van der Waals surface area contributed by atoms with E-state index < -0.39 is 0 Å². The Hall–Kier alpha value is -2.41. The molecule has 4 rings (SSSR count). The summed E-state index contributed by atoms with van der Waals surface area (Å²) in [7, 11) is 4.17. The zero-order valence-electron chi connectivity index (χ0n) is 18.0. The number of halogens is 1. The molecule has 0 bridgehead atoms. The molecule has 0 aliphatic rings. The van der Waals surface area contributed by atoms with Gasteiger partial charge >= 0.3 is 0 Å². The minimum Gasteiger partial charge on any atom is -0.300 e. The second kappa shape index (κ2) is 9.81. The molecule has 0 saturated carbocycles. The van der Waals surface area contributed by atoms with Crippen molar-refractivity contribution in [3.8, 4) is 0 Å². The lowest BCUT2D eigenvalue weighted by Gasteiger charge is -2.23. The van der Waals surface area contributed by atoms with Crippen LogP contribution in [0.3, 0.4) is 0 Å². The number of hydrogen-bond donors (Lipinski definition) is 0. The van der Waals surface area contributed by atoms with E-state index in [2.05, 4.69) is 82.1 Å². The molecule has 5 nitrogen and oxygen atoms in total. The van der Waals surface area contributed by atoms with E-state index in [0.717, 1.165) is 40.4 Å². The monoisotopic (exact) mass is 451 g/mol. The molecule has 0 N–H and O–H groups in total. The first-order chi connectivity index (χ1) is 15.1. The summed E-state index contributed by atoms with van der Waals surface area (Å²) in [5.41, 5.74) is 3.14. The van der Waals surface area contributed by atoms with Crippen molar-refractivity contribution in [2.75, 3.05) is 14.1 Å². The van der Waals surface area contributed by atoms with Gasteiger partial charge in [0.15, 0.2) is 11.0 Å². The van der Waals surface area contributed by atoms with Gasteiger partial charge in [0.1, 0.15) is 5.15 Å². The van der Waals surface area contributed by atoms with E-state index >= 15 is 0 Å². The van der Waals surface area contributed by atoms with E-state index in [1.165, 1.54) is 5.56 Å². The Morgan fingerprint density at radius 1 is 1.03 bits per heavy atom. The lowest BCUT2D eigenvalue weighted by Crippen LogP contribution is -2.23. The molecule has 4 aromatic rings. The molecule has 0 unspecified atom stereocenters. The van der Waals surface area contributed by atoms with Crippen LogP contribution in [0.4, 0.5) is 0 Å². The SMILES string of the molecule is CC[C@H](c1nnc(SCc2cc3ccccc3nc2Cl)n1Cc1ccccc1)N(C)C. The fourth-order valence-electron chi connectivity index (χ4n) is 3.73. The summed E-state index contributed by atoms with van der Waals surface area (Å²) in [5, 5.41) is 11.7. The first-order valence-electron chi connectivity index (χ1n) is 10.4. The first kappa shape index (κ1) is 21.8. The fraction of sp³-hybridized carbons (Fsp3) is 0.292. The van der Waals surface area contributed by atoms with Crippen LogP contribution in [0.5, 0.6) is 0 Å². The summed E-state index contributed by atoms with van der Waals surface area (Å²) < 4.78 is 2.23. The van der Waals surface area contributed by atoms with E-state index in [1.54, 1.807) is 11.8 Å². The largest absolute Gasteiger partial charge is 0.300 e. The van der Waals surface area contributed by atoms with Crippen LogP contribution in [0.15, 0.2) is 65.8 Å². The second-order valence-corrected chi connectivity index (χ2v) is 9.02. The van der Waals surface area contributed by atoms with Crippen molar-refractivity contribution in [2.45, 2.75) is 36.8 Å². The summed E-state index contributed by atoms with van der Waals surface area (Å²) in [6.07, 6.45) is 0.963. The zero-order chi connectivity index (χ0) is 21.8. The number of pyridine rings is 1. The average Bonchev–Trinajstić information content (AvgIpc) is 3.15. The van der Waals surface area contributed by atoms with Gasteiger partial charge in [-0.1, -0.05) is 78.8 Å². The topological polar surface area (TPSA) is 46.8 Å². The summed E-state index contributed by atoms with van der Waals surface area (Å²) in [6.45, 7) is 2.92. The van der Waals surface area contributed by atoms with Gasteiger partial charge in [0.2, 0.25) is 0 Å². The Labute approximate surface area is 192 Å². The van der Waals surface area contributed by atoms with E-state index in [1.807, 2.05) is 24.3 Å². The lowest BCUT2D eigenvalue weighted by atomic mass is 10.2. The van der Waals surface area contributed by atoms with Crippen molar-refractivity contribution in [3.05, 3.63) is 82.8 Å². The van der Waals surface area contributed by atoms with Crippen LogP contribution in [-0.2, 0) is 12.3 Å². The highest BCUT2D eigenvalue weighted by atomic mass is 35.5. The molecule has 2 aromatic heterocycles. The molecular weight excluding hydrogens is 426 g/mol. The number of benzene rings is 2. The number of fused-ring (bicyclic) bond motifs is 1. The maximum absolute atomic E-state index is 6.48. The number of para-hydroxylation sites is 1. The van der Waals surface area contributed by atoms with Gasteiger partial charge in [-0.05, 0) is 38.2 Å². The van der Waals surface area contributed by atoms with Gasteiger partial charge in [-0.25, -0.2) is 4.98 Å². The lowest BCUT2D eigenvalue weighted by molar-refractivity contribution is 0.272. The average molecular weight is 452 g/mol. The van der Waals surface area contributed by atoms with Crippen LogP contribution in [0.25, 0.3) is 10.9 Å². The van der Waals surface area contributed by atoms with Crippen molar-refractivity contribution in [3.63, 3.8) is 0 Å². The highest BCUT2D eigenvalue weighted by Crippen LogP contribution is 2.30. The maximum Gasteiger partial charge on any atom is 0.191 e. The Balaban J connectivity index is 1.64. The number of thioether (sulfide) groups is 1. The number of rotatable bonds is 8. The second-order valence-electron chi connectivity index (χ2n) is 7.72. The molecule has 2 heterocycles. The third-order valence-electron chi connectivity index (χ3n) is 5.34. The summed E-state index contributed by atoms with van der Waals surface area (Å²) >= 11 is 8.13. The van der Waals surface area contributed by atoms with Crippen LogP contribution < -0.4 is 0 Å². The minimum atomic E-state index is 0.205. The molecule has 0 spiro atoms. The third-order valence-corrected chi connectivity index (χ3v) is 6.69. The Morgan fingerprint density at radius 3 is 2.52 bits per heavy atom. The van der Waals surface area contributed by atoms with Crippen LogP contribution in [0.2, 0.25) is 5.15 Å². The Kier molecular flexibility index (Phi) is 6.90. The van der Waals surface area contributed by atoms with Gasteiger partial charge in [0.25, 0.3) is 0 Å². The first-order valence-corrected chi connectivity index (χ1v) is 11.7. The molecule has 2 aromatic carbocycles. The standard InChI is InChI=1S/C24H26ClN5S/c1-4-21(29(2)3)23-27-28-24(30(23)15-17-10-6-5-7-11-17)31-16-19-14-18-12-8-9-13-20(18)26-22(19)25/h5-14,21H,4,15-16H2,1-3H3/t21-/m1/s1. The summed E-state index contributed by atoms with van der Waals surface area (Å²) in [6, 6.07) is 20.8. The van der Waals surface area contributed by atoms with Crippen LogP contribution >= 0.6 is 23.4 Å². The third kappa shape index (κ3) is 4.92.